The van der Waals surface area contributed by atoms with Gasteiger partial charge in [0.1, 0.15) is 0 Å². The largest absolute Gasteiger partial charge is 0.331 e. The molecule has 0 bridgehead atoms. The maximum atomic E-state index is 12.5. The van der Waals surface area contributed by atoms with Crippen LogP contribution in [0.25, 0.3) is 0 Å². The Morgan fingerprint density at radius 3 is 2.36 bits per heavy atom. The number of rotatable bonds is 5. The van der Waals surface area contributed by atoms with Gasteiger partial charge in [-0.1, -0.05) is 54.2 Å². The Hall–Kier alpha value is -2.08. The van der Waals surface area contributed by atoms with E-state index in [1.165, 1.54) is 0 Å². The van der Waals surface area contributed by atoms with Crippen LogP contribution >= 0.6 is 11.8 Å². The van der Waals surface area contributed by atoms with Gasteiger partial charge in [-0.25, -0.2) is 4.79 Å². The Morgan fingerprint density at radius 2 is 1.68 bits per heavy atom. The number of hydrogen-bond donors (Lipinski definition) is 2. The second-order valence-electron chi connectivity index (χ2n) is 4.61. The van der Waals surface area contributed by atoms with Crippen LogP contribution < -0.4 is 10.6 Å². The van der Waals surface area contributed by atoms with E-state index in [2.05, 4.69) is 10.6 Å². The molecule has 2 N–H and O–H groups in total. The number of thioether (sulfide) groups is 1. The molecular formula is C16H16F2N2OS. The third kappa shape index (κ3) is 4.73. The molecule has 0 aliphatic heterocycles. The van der Waals surface area contributed by atoms with E-state index >= 15 is 0 Å². The van der Waals surface area contributed by atoms with Crippen LogP contribution in [0.3, 0.4) is 0 Å². The van der Waals surface area contributed by atoms with Crippen molar-refractivity contribution in [2.75, 3.05) is 5.32 Å². The maximum Gasteiger partial charge on any atom is 0.319 e. The summed E-state index contributed by atoms with van der Waals surface area (Å²) in [6, 6.07) is 15.4. The Bertz CT molecular complexity index is 623. The monoisotopic (exact) mass is 322 g/mol. The standard InChI is InChI=1S/C16H16F2N2OS/c1-11(12-7-3-2-4-8-12)19-16(21)20-13-9-5-6-10-14(13)22-15(17)18/h2-11,15H,1H3,(H2,19,20,21)/t11-/m1/s1. The summed E-state index contributed by atoms with van der Waals surface area (Å²) in [5.74, 6) is -2.53. The zero-order chi connectivity index (χ0) is 15.9. The number of para-hydroxylation sites is 1. The van der Waals surface area contributed by atoms with Crippen molar-refractivity contribution in [3.63, 3.8) is 0 Å². The van der Waals surface area contributed by atoms with Gasteiger partial charge in [0, 0.05) is 4.90 Å². The van der Waals surface area contributed by atoms with Crippen LogP contribution in [0.1, 0.15) is 18.5 Å². The van der Waals surface area contributed by atoms with Crippen molar-refractivity contribution < 1.29 is 13.6 Å². The van der Waals surface area contributed by atoms with E-state index in [-0.39, 0.29) is 6.04 Å². The number of nitrogens with one attached hydrogen (secondary N) is 2. The van der Waals surface area contributed by atoms with E-state index in [1.807, 2.05) is 37.3 Å². The van der Waals surface area contributed by atoms with E-state index in [9.17, 15) is 13.6 Å². The lowest BCUT2D eigenvalue weighted by molar-refractivity contribution is 0.249. The highest BCUT2D eigenvalue weighted by atomic mass is 32.2. The van der Waals surface area contributed by atoms with Gasteiger partial charge in [0.25, 0.3) is 5.76 Å². The quantitative estimate of drug-likeness (QED) is 0.770. The first-order valence-electron chi connectivity index (χ1n) is 6.72. The van der Waals surface area contributed by atoms with E-state index < -0.39 is 11.8 Å². The predicted octanol–water partition coefficient (Wildman–Crippen LogP) is 4.88. The fraction of sp³-hybridized carbons (Fsp3) is 0.188. The SMILES string of the molecule is C[C@@H](NC(=O)Nc1ccccc1SC(F)F)c1ccccc1. The van der Waals surface area contributed by atoms with Crippen LogP contribution in [-0.4, -0.2) is 11.8 Å². The molecule has 116 valence electrons. The van der Waals surface area contributed by atoms with Gasteiger partial charge >= 0.3 is 6.03 Å². The minimum Gasteiger partial charge on any atom is -0.331 e. The number of hydrogen-bond acceptors (Lipinski definition) is 2. The van der Waals surface area contributed by atoms with Crippen molar-refractivity contribution in [1.82, 2.24) is 5.32 Å². The minimum absolute atomic E-state index is 0.184. The van der Waals surface area contributed by atoms with Gasteiger partial charge < -0.3 is 10.6 Å². The van der Waals surface area contributed by atoms with Crippen LogP contribution in [0.15, 0.2) is 59.5 Å². The summed E-state index contributed by atoms with van der Waals surface area (Å²) < 4.78 is 25.0. The summed E-state index contributed by atoms with van der Waals surface area (Å²) in [4.78, 5) is 12.3. The molecule has 2 rings (SSSR count). The molecule has 0 aliphatic carbocycles. The minimum atomic E-state index is -2.53. The molecule has 0 fully saturated rings. The Kier molecular flexibility index (Phi) is 5.77. The summed E-state index contributed by atoms with van der Waals surface area (Å²) in [6.07, 6.45) is 0. The average Bonchev–Trinajstić information content (AvgIpc) is 2.49. The van der Waals surface area contributed by atoms with Crippen molar-refractivity contribution in [2.24, 2.45) is 0 Å². The highest BCUT2D eigenvalue weighted by Gasteiger charge is 2.13. The number of alkyl halides is 2. The predicted molar refractivity (Wildman–Crippen MR) is 85.3 cm³/mol. The average molecular weight is 322 g/mol. The number of amides is 2. The Labute approximate surface area is 132 Å². The Balaban J connectivity index is 2.00. The molecule has 0 saturated carbocycles. The molecule has 1 atom stereocenters. The third-order valence-electron chi connectivity index (χ3n) is 3.00. The lowest BCUT2D eigenvalue weighted by Gasteiger charge is -2.16. The zero-order valence-corrected chi connectivity index (χ0v) is 12.7. The molecule has 0 aromatic heterocycles. The smallest absolute Gasteiger partial charge is 0.319 e. The lowest BCUT2D eigenvalue weighted by atomic mass is 10.1. The summed E-state index contributed by atoms with van der Waals surface area (Å²) in [5, 5.41) is 5.39. The van der Waals surface area contributed by atoms with Crippen LogP contribution in [0, 0.1) is 0 Å². The zero-order valence-electron chi connectivity index (χ0n) is 11.9. The molecule has 3 nitrogen and oxygen atoms in total. The van der Waals surface area contributed by atoms with Crippen LogP contribution in [-0.2, 0) is 0 Å². The van der Waals surface area contributed by atoms with E-state index in [0.29, 0.717) is 22.3 Å². The lowest BCUT2D eigenvalue weighted by Crippen LogP contribution is -2.31. The van der Waals surface area contributed by atoms with Crippen molar-refractivity contribution in [3.8, 4) is 0 Å². The fourth-order valence-electron chi connectivity index (χ4n) is 1.95. The fourth-order valence-corrected chi connectivity index (χ4v) is 2.54. The molecule has 0 aliphatic rings. The third-order valence-corrected chi connectivity index (χ3v) is 3.79. The number of carbonyl (C=O) groups excluding carboxylic acids is 1. The molecule has 0 heterocycles. The van der Waals surface area contributed by atoms with Crippen molar-refractivity contribution in [1.29, 1.82) is 0 Å². The van der Waals surface area contributed by atoms with Crippen molar-refractivity contribution >= 4 is 23.5 Å². The topological polar surface area (TPSA) is 41.1 Å². The second-order valence-corrected chi connectivity index (χ2v) is 5.64. The van der Waals surface area contributed by atoms with Crippen LogP contribution in [0.5, 0.6) is 0 Å². The number of carbonyl (C=O) groups is 1. The molecular weight excluding hydrogens is 306 g/mol. The van der Waals surface area contributed by atoms with Crippen LogP contribution in [0.4, 0.5) is 19.3 Å². The summed E-state index contributed by atoms with van der Waals surface area (Å²) >= 11 is 0.406. The highest BCUT2D eigenvalue weighted by Crippen LogP contribution is 2.31. The van der Waals surface area contributed by atoms with Gasteiger partial charge in [0.05, 0.1) is 11.7 Å². The molecule has 22 heavy (non-hydrogen) atoms. The van der Waals surface area contributed by atoms with E-state index in [0.717, 1.165) is 5.56 Å². The molecule has 2 amide bonds. The number of urea groups is 1. The highest BCUT2D eigenvalue weighted by molar-refractivity contribution is 7.99. The molecule has 0 saturated heterocycles. The molecule has 0 unspecified atom stereocenters. The number of halogens is 2. The van der Waals surface area contributed by atoms with Gasteiger partial charge in [-0.3, -0.25) is 0 Å². The first kappa shape index (κ1) is 16.3. The van der Waals surface area contributed by atoms with Gasteiger partial charge in [0.15, 0.2) is 0 Å². The Morgan fingerprint density at radius 1 is 1.05 bits per heavy atom. The summed E-state index contributed by atoms with van der Waals surface area (Å²) in [5.41, 5.74) is 1.33. The normalized spacial score (nSPS) is 12.0. The second kappa shape index (κ2) is 7.79. The van der Waals surface area contributed by atoms with Gasteiger partial charge in [0.2, 0.25) is 0 Å². The number of benzene rings is 2. The van der Waals surface area contributed by atoms with Gasteiger partial charge in [-0.05, 0) is 24.6 Å². The molecule has 0 radical (unpaired) electrons. The molecule has 2 aromatic carbocycles. The first-order valence-corrected chi connectivity index (χ1v) is 7.60. The maximum absolute atomic E-state index is 12.5. The van der Waals surface area contributed by atoms with Crippen LogP contribution in [0.2, 0.25) is 0 Å². The van der Waals surface area contributed by atoms with Crippen molar-refractivity contribution in [3.05, 3.63) is 60.2 Å². The van der Waals surface area contributed by atoms with Gasteiger partial charge in [-0.15, -0.1) is 0 Å². The van der Waals surface area contributed by atoms with E-state index in [1.54, 1.807) is 24.3 Å². The number of anilines is 1. The first-order chi connectivity index (χ1) is 10.6. The summed E-state index contributed by atoms with van der Waals surface area (Å²) in [6.45, 7) is 1.86. The van der Waals surface area contributed by atoms with Crippen molar-refractivity contribution in [2.45, 2.75) is 23.6 Å². The molecule has 0 spiro atoms. The summed E-state index contributed by atoms with van der Waals surface area (Å²) in [7, 11) is 0. The van der Waals surface area contributed by atoms with E-state index in [4.69, 9.17) is 0 Å². The molecule has 6 heteroatoms. The van der Waals surface area contributed by atoms with Gasteiger partial charge in [-0.2, -0.15) is 8.78 Å². The molecule has 2 aromatic rings.